The third kappa shape index (κ3) is 4.33. The van der Waals surface area contributed by atoms with Gasteiger partial charge in [-0.3, -0.25) is 14.4 Å². The predicted octanol–water partition coefficient (Wildman–Crippen LogP) is 2.40. The number of benzene rings is 1. The van der Waals surface area contributed by atoms with E-state index in [1.807, 2.05) is 29.1 Å². The molecule has 3 saturated heterocycles. The molecule has 6 nitrogen and oxygen atoms in total. The molecule has 1 aromatic heterocycles. The largest absolute Gasteiger partial charge is 0.497 e. The van der Waals surface area contributed by atoms with Crippen molar-refractivity contribution in [3.8, 4) is 5.75 Å². The van der Waals surface area contributed by atoms with Crippen molar-refractivity contribution in [2.24, 2.45) is 5.92 Å². The summed E-state index contributed by atoms with van der Waals surface area (Å²) in [6, 6.07) is 10.6. The number of ether oxygens (including phenoxy) is 1. The number of amides is 1. The van der Waals surface area contributed by atoms with Gasteiger partial charge in [0, 0.05) is 57.6 Å². The number of hydrogen-bond donors (Lipinski definition) is 0. The molecule has 5 rings (SSSR count). The van der Waals surface area contributed by atoms with Crippen molar-refractivity contribution in [1.29, 1.82) is 0 Å². The SMILES string of the molecule is COc1ccc(CN2C[C@H]3CC[C@@H](C2)N(C(=O)CCn2cccn2)C3)cc1. The van der Waals surface area contributed by atoms with E-state index >= 15 is 0 Å². The predicted molar refractivity (Wildman–Crippen MR) is 103 cm³/mol. The maximum absolute atomic E-state index is 12.8. The number of methoxy groups -OCH3 is 1. The van der Waals surface area contributed by atoms with Crippen molar-refractivity contribution in [3.63, 3.8) is 0 Å². The maximum Gasteiger partial charge on any atom is 0.224 e. The van der Waals surface area contributed by atoms with Crippen LogP contribution in [0.25, 0.3) is 0 Å². The zero-order valence-corrected chi connectivity index (χ0v) is 16.0. The minimum absolute atomic E-state index is 0.270. The van der Waals surface area contributed by atoms with E-state index in [4.69, 9.17) is 4.74 Å². The van der Waals surface area contributed by atoms with Gasteiger partial charge in [-0.2, -0.15) is 5.10 Å². The van der Waals surface area contributed by atoms with E-state index in [1.165, 1.54) is 12.0 Å². The van der Waals surface area contributed by atoms with Crippen LogP contribution in [-0.4, -0.2) is 58.3 Å². The van der Waals surface area contributed by atoms with Crippen LogP contribution >= 0.6 is 0 Å². The van der Waals surface area contributed by atoms with Crippen LogP contribution in [0, 0.1) is 5.92 Å². The molecule has 1 amide bonds. The van der Waals surface area contributed by atoms with E-state index in [9.17, 15) is 4.79 Å². The van der Waals surface area contributed by atoms with Gasteiger partial charge in [-0.1, -0.05) is 12.1 Å². The molecule has 3 fully saturated rings. The number of rotatable bonds is 6. The summed E-state index contributed by atoms with van der Waals surface area (Å²) in [6.07, 6.45) is 6.56. The van der Waals surface area contributed by atoms with Crippen LogP contribution in [0.2, 0.25) is 0 Å². The van der Waals surface area contributed by atoms with Gasteiger partial charge >= 0.3 is 0 Å². The summed E-state index contributed by atoms with van der Waals surface area (Å²) >= 11 is 0. The number of carbonyl (C=O) groups is 1. The smallest absolute Gasteiger partial charge is 0.224 e. The minimum Gasteiger partial charge on any atom is -0.497 e. The van der Waals surface area contributed by atoms with Gasteiger partial charge in [0.1, 0.15) is 5.75 Å². The van der Waals surface area contributed by atoms with Gasteiger partial charge < -0.3 is 9.64 Å². The Balaban J connectivity index is 1.36. The maximum atomic E-state index is 12.8. The lowest BCUT2D eigenvalue weighted by atomic mass is 9.94. The fraction of sp³-hybridized carbons (Fsp3) is 0.524. The standard InChI is InChI=1S/C21H28N4O2/c1-27-20-7-4-17(5-8-20)13-23-14-18-3-6-19(16-23)25(15-18)21(26)9-12-24-11-2-10-22-24/h2,4-5,7-8,10-11,18-19H,3,6,9,12-16H2,1H3/t18-,19+/m1/s1. The summed E-state index contributed by atoms with van der Waals surface area (Å²) < 4.78 is 7.09. The van der Waals surface area contributed by atoms with Crippen molar-refractivity contribution >= 4 is 5.91 Å². The van der Waals surface area contributed by atoms with Crippen LogP contribution in [0.15, 0.2) is 42.7 Å². The first-order chi connectivity index (χ1) is 13.2. The third-order valence-corrected chi connectivity index (χ3v) is 5.79. The van der Waals surface area contributed by atoms with Crippen molar-refractivity contribution in [2.45, 2.75) is 38.4 Å². The Kier molecular flexibility index (Phi) is 5.43. The first-order valence-electron chi connectivity index (χ1n) is 9.83. The number of piperidine rings is 1. The van der Waals surface area contributed by atoms with Gasteiger partial charge in [0.2, 0.25) is 5.91 Å². The molecule has 0 saturated carbocycles. The number of carbonyl (C=O) groups excluding carboxylic acids is 1. The zero-order valence-electron chi connectivity index (χ0n) is 16.0. The fourth-order valence-electron chi connectivity index (χ4n) is 4.39. The molecule has 2 bridgehead atoms. The Labute approximate surface area is 160 Å². The van der Waals surface area contributed by atoms with Crippen molar-refractivity contribution < 1.29 is 9.53 Å². The lowest BCUT2D eigenvalue weighted by molar-refractivity contribution is -0.135. The zero-order chi connectivity index (χ0) is 18.6. The summed E-state index contributed by atoms with van der Waals surface area (Å²) in [5, 5.41) is 4.20. The van der Waals surface area contributed by atoms with Crippen molar-refractivity contribution in [2.75, 3.05) is 26.7 Å². The second-order valence-electron chi connectivity index (χ2n) is 7.70. The first kappa shape index (κ1) is 18.0. The molecule has 2 atom stereocenters. The van der Waals surface area contributed by atoms with Gasteiger partial charge in [-0.15, -0.1) is 0 Å². The van der Waals surface area contributed by atoms with E-state index in [0.717, 1.165) is 38.3 Å². The summed E-state index contributed by atoms with van der Waals surface area (Å²) in [4.78, 5) is 17.5. The number of hydrogen-bond acceptors (Lipinski definition) is 4. The van der Waals surface area contributed by atoms with Gasteiger partial charge in [0.25, 0.3) is 0 Å². The molecule has 3 aliphatic heterocycles. The number of fused-ring (bicyclic) bond motifs is 4. The highest BCUT2D eigenvalue weighted by atomic mass is 16.5. The van der Waals surface area contributed by atoms with Crippen LogP contribution in [0.4, 0.5) is 0 Å². The quantitative estimate of drug-likeness (QED) is 0.786. The lowest BCUT2D eigenvalue weighted by Gasteiger charge is -2.36. The lowest BCUT2D eigenvalue weighted by Crippen LogP contribution is -2.47. The molecule has 4 heterocycles. The average molecular weight is 368 g/mol. The van der Waals surface area contributed by atoms with E-state index in [2.05, 4.69) is 27.0 Å². The highest BCUT2D eigenvalue weighted by Crippen LogP contribution is 2.29. The van der Waals surface area contributed by atoms with E-state index in [0.29, 0.717) is 24.9 Å². The highest BCUT2D eigenvalue weighted by Gasteiger charge is 2.36. The Morgan fingerprint density at radius 3 is 2.78 bits per heavy atom. The van der Waals surface area contributed by atoms with Crippen LogP contribution in [0.1, 0.15) is 24.8 Å². The monoisotopic (exact) mass is 368 g/mol. The van der Waals surface area contributed by atoms with Crippen molar-refractivity contribution in [1.82, 2.24) is 19.6 Å². The Morgan fingerprint density at radius 2 is 2.04 bits per heavy atom. The van der Waals surface area contributed by atoms with Gasteiger partial charge in [-0.25, -0.2) is 0 Å². The fourth-order valence-corrected chi connectivity index (χ4v) is 4.39. The molecule has 144 valence electrons. The second-order valence-corrected chi connectivity index (χ2v) is 7.70. The third-order valence-electron chi connectivity index (χ3n) is 5.79. The normalized spacial score (nSPS) is 22.6. The molecule has 0 N–H and O–H groups in total. The summed E-state index contributed by atoms with van der Waals surface area (Å²) in [5.41, 5.74) is 1.30. The Morgan fingerprint density at radius 1 is 1.19 bits per heavy atom. The molecular weight excluding hydrogens is 340 g/mol. The molecule has 0 aliphatic carbocycles. The average Bonchev–Trinajstić information content (AvgIpc) is 3.07. The molecule has 1 aromatic carbocycles. The summed E-state index contributed by atoms with van der Waals surface area (Å²) in [7, 11) is 1.69. The number of aromatic nitrogens is 2. The van der Waals surface area contributed by atoms with Crippen LogP contribution in [-0.2, 0) is 17.9 Å². The summed E-state index contributed by atoms with van der Waals surface area (Å²) in [6.45, 7) is 4.55. The molecule has 2 aromatic rings. The van der Waals surface area contributed by atoms with Crippen molar-refractivity contribution in [3.05, 3.63) is 48.3 Å². The topological polar surface area (TPSA) is 50.6 Å². The molecule has 0 radical (unpaired) electrons. The van der Waals surface area contributed by atoms with Gasteiger partial charge in [0.15, 0.2) is 0 Å². The second kappa shape index (κ2) is 8.13. The van der Waals surface area contributed by atoms with Crippen LogP contribution in [0.5, 0.6) is 5.75 Å². The number of nitrogens with zero attached hydrogens (tertiary/aromatic N) is 4. The van der Waals surface area contributed by atoms with E-state index in [-0.39, 0.29) is 5.91 Å². The van der Waals surface area contributed by atoms with Crippen LogP contribution in [0.3, 0.4) is 0 Å². The van der Waals surface area contributed by atoms with Gasteiger partial charge in [-0.05, 0) is 42.5 Å². The molecule has 0 unspecified atom stereocenters. The highest BCUT2D eigenvalue weighted by molar-refractivity contribution is 5.76. The molecule has 0 spiro atoms. The van der Waals surface area contributed by atoms with Gasteiger partial charge in [0.05, 0.1) is 7.11 Å². The first-order valence-corrected chi connectivity index (χ1v) is 9.83. The number of aryl methyl sites for hydroxylation is 1. The van der Waals surface area contributed by atoms with E-state index < -0.39 is 0 Å². The van der Waals surface area contributed by atoms with E-state index in [1.54, 1.807) is 13.3 Å². The minimum atomic E-state index is 0.270. The molecule has 6 heteroatoms. The van der Waals surface area contributed by atoms with Crippen LogP contribution < -0.4 is 4.74 Å². The molecule has 27 heavy (non-hydrogen) atoms. The Hall–Kier alpha value is -2.34. The molecular formula is C21H28N4O2. The Bertz CT molecular complexity index is 744. The molecule has 3 aliphatic rings. The summed E-state index contributed by atoms with van der Waals surface area (Å²) in [5.74, 6) is 1.74.